The molecule has 0 spiro atoms. The zero-order chi connectivity index (χ0) is 14.3. The Labute approximate surface area is 113 Å². The number of hydrogen-bond acceptors (Lipinski definition) is 4. The van der Waals surface area contributed by atoms with E-state index in [4.69, 9.17) is 9.47 Å². The molecule has 0 fully saturated rings. The van der Waals surface area contributed by atoms with Crippen molar-refractivity contribution < 1.29 is 14.4 Å². The van der Waals surface area contributed by atoms with Crippen LogP contribution in [0.4, 0.5) is 0 Å². The first kappa shape index (κ1) is 15.0. The lowest BCUT2D eigenvalue weighted by atomic mass is 10.0. The van der Waals surface area contributed by atoms with Crippen LogP contribution in [0.15, 0.2) is 24.4 Å². The van der Waals surface area contributed by atoms with Crippen LogP contribution in [-0.4, -0.2) is 19.1 Å². The number of nitro groups is 1. The summed E-state index contributed by atoms with van der Waals surface area (Å²) in [6.07, 6.45) is 3.64. The van der Waals surface area contributed by atoms with Crippen LogP contribution in [0.5, 0.6) is 11.5 Å². The predicted octanol–water partition coefficient (Wildman–Crippen LogP) is 3.51. The van der Waals surface area contributed by atoms with Gasteiger partial charge in [-0.15, -0.1) is 0 Å². The first-order chi connectivity index (χ1) is 9.12. The van der Waals surface area contributed by atoms with Crippen molar-refractivity contribution in [2.45, 2.75) is 26.2 Å². The molecule has 1 aromatic carbocycles. The fraction of sp³-hybridized carbons (Fsp3) is 0.429. The van der Waals surface area contributed by atoms with E-state index in [0.29, 0.717) is 23.5 Å². The van der Waals surface area contributed by atoms with Crippen LogP contribution in [-0.2, 0) is 0 Å². The van der Waals surface area contributed by atoms with Crippen molar-refractivity contribution >= 4 is 5.57 Å². The number of allylic oxidation sites excluding steroid dienone is 1. The van der Waals surface area contributed by atoms with Gasteiger partial charge in [-0.2, -0.15) is 0 Å². The van der Waals surface area contributed by atoms with Crippen molar-refractivity contribution in [3.63, 3.8) is 0 Å². The molecule has 0 unspecified atom stereocenters. The average Bonchev–Trinajstić information content (AvgIpc) is 2.42. The molecule has 0 atom stereocenters. The number of ether oxygens (including phenoxy) is 2. The van der Waals surface area contributed by atoms with Gasteiger partial charge in [-0.05, 0) is 30.5 Å². The lowest BCUT2D eigenvalue weighted by molar-refractivity contribution is -0.401. The summed E-state index contributed by atoms with van der Waals surface area (Å²) in [6.45, 7) is 2.05. The first-order valence-corrected chi connectivity index (χ1v) is 6.19. The molecule has 0 aliphatic carbocycles. The normalized spacial score (nSPS) is 11.2. The lowest BCUT2D eigenvalue weighted by Gasteiger charge is -2.10. The highest BCUT2D eigenvalue weighted by Gasteiger charge is 2.10. The fourth-order valence-corrected chi connectivity index (χ4v) is 1.81. The lowest BCUT2D eigenvalue weighted by Crippen LogP contribution is -1.95. The fourth-order valence-electron chi connectivity index (χ4n) is 1.81. The molecule has 104 valence electrons. The summed E-state index contributed by atoms with van der Waals surface area (Å²) < 4.78 is 10.4. The van der Waals surface area contributed by atoms with Crippen molar-refractivity contribution in [1.29, 1.82) is 0 Å². The van der Waals surface area contributed by atoms with Gasteiger partial charge in [0.25, 0.3) is 0 Å². The summed E-state index contributed by atoms with van der Waals surface area (Å²) >= 11 is 0. The summed E-state index contributed by atoms with van der Waals surface area (Å²) in [7, 11) is 3.10. The van der Waals surface area contributed by atoms with Crippen molar-refractivity contribution in [3.05, 3.63) is 40.1 Å². The Morgan fingerprint density at radius 3 is 2.53 bits per heavy atom. The minimum absolute atomic E-state index is 0.415. The summed E-state index contributed by atoms with van der Waals surface area (Å²) in [5.74, 6) is 1.19. The van der Waals surface area contributed by atoms with Crippen LogP contribution in [0.3, 0.4) is 0 Å². The molecular formula is C14H19NO4. The monoisotopic (exact) mass is 265 g/mol. The Kier molecular flexibility index (Phi) is 5.85. The van der Waals surface area contributed by atoms with Crippen LogP contribution < -0.4 is 9.47 Å². The van der Waals surface area contributed by atoms with Crippen LogP contribution in [0.25, 0.3) is 5.57 Å². The summed E-state index contributed by atoms with van der Waals surface area (Å²) in [6, 6.07) is 5.34. The second kappa shape index (κ2) is 7.41. The smallest absolute Gasteiger partial charge is 0.238 e. The van der Waals surface area contributed by atoms with E-state index in [2.05, 4.69) is 6.92 Å². The number of rotatable bonds is 7. The third kappa shape index (κ3) is 4.28. The van der Waals surface area contributed by atoms with Crippen molar-refractivity contribution in [3.8, 4) is 11.5 Å². The third-order valence-electron chi connectivity index (χ3n) is 2.82. The highest BCUT2D eigenvalue weighted by Crippen LogP contribution is 2.31. The van der Waals surface area contributed by atoms with E-state index in [-0.39, 0.29) is 0 Å². The zero-order valence-electron chi connectivity index (χ0n) is 11.5. The third-order valence-corrected chi connectivity index (χ3v) is 2.82. The van der Waals surface area contributed by atoms with Crippen LogP contribution in [0, 0.1) is 10.1 Å². The average molecular weight is 265 g/mol. The standard InChI is InChI=1S/C14H19NO4/c1-4-5-6-12(10-15(16)17)11-7-8-13(18-2)14(9-11)19-3/h7-10H,4-6H2,1-3H3/b12-10+. The summed E-state index contributed by atoms with van der Waals surface area (Å²) in [5.41, 5.74) is 1.50. The molecule has 0 radical (unpaired) electrons. The molecule has 0 saturated carbocycles. The molecule has 0 aliphatic heterocycles. The van der Waals surface area contributed by atoms with E-state index < -0.39 is 4.92 Å². The predicted molar refractivity (Wildman–Crippen MR) is 74.0 cm³/mol. The Bertz CT molecular complexity index is 469. The van der Waals surface area contributed by atoms with E-state index >= 15 is 0 Å². The highest BCUT2D eigenvalue weighted by molar-refractivity contribution is 5.67. The Morgan fingerprint density at radius 1 is 1.32 bits per heavy atom. The molecule has 0 N–H and O–H groups in total. The van der Waals surface area contributed by atoms with E-state index in [9.17, 15) is 10.1 Å². The maximum absolute atomic E-state index is 10.7. The van der Waals surface area contributed by atoms with E-state index in [0.717, 1.165) is 24.6 Å². The van der Waals surface area contributed by atoms with Crippen molar-refractivity contribution in [2.75, 3.05) is 14.2 Å². The maximum atomic E-state index is 10.7. The zero-order valence-corrected chi connectivity index (χ0v) is 11.5. The molecule has 0 heterocycles. The Balaban J connectivity index is 3.12. The minimum atomic E-state index is -0.415. The van der Waals surface area contributed by atoms with Gasteiger partial charge in [0.15, 0.2) is 11.5 Å². The molecule has 5 nitrogen and oxygen atoms in total. The van der Waals surface area contributed by atoms with Crippen molar-refractivity contribution in [1.82, 2.24) is 0 Å². The Morgan fingerprint density at radius 2 is 2.00 bits per heavy atom. The van der Waals surface area contributed by atoms with E-state index in [1.165, 1.54) is 0 Å². The van der Waals surface area contributed by atoms with E-state index in [1.807, 2.05) is 6.07 Å². The van der Waals surface area contributed by atoms with E-state index in [1.54, 1.807) is 26.4 Å². The van der Waals surface area contributed by atoms with Gasteiger partial charge in [0, 0.05) is 5.57 Å². The molecule has 1 rings (SSSR count). The molecule has 0 bridgehead atoms. The second-order valence-corrected chi connectivity index (χ2v) is 4.11. The van der Waals surface area contributed by atoms with Crippen LogP contribution in [0.2, 0.25) is 0 Å². The van der Waals surface area contributed by atoms with Gasteiger partial charge >= 0.3 is 0 Å². The minimum Gasteiger partial charge on any atom is -0.493 e. The molecule has 0 saturated heterocycles. The quantitative estimate of drug-likeness (QED) is 0.559. The van der Waals surface area contributed by atoms with Crippen molar-refractivity contribution in [2.24, 2.45) is 0 Å². The second-order valence-electron chi connectivity index (χ2n) is 4.11. The van der Waals surface area contributed by atoms with Crippen LogP contribution >= 0.6 is 0 Å². The number of nitrogens with zero attached hydrogens (tertiary/aromatic N) is 1. The van der Waals surface area contributed by atoms with Gasteiger partial charge in [-0.1, -0.05) is 19.4 Å². The van der Waals surface area contributed by atoms with Gasteiger partial charge in [0.05, 0.1) is 19.1 Å². The molecule has 1 aromatic rings. The Hall–Kier alpha value is -2.04. The molecule has 5 heteroatoms. The maximum Gasteiger partial charge on any atom is 0.238 e. The number of hydrogen-bond donors (Lipinski definition) is 0. The molecule has 0 amide bonds. The van der Waals surface area contributed by atoms with Gasteiger partial charge in [0.1, 0.15) is 0 Å². The number of unbranched alkanes of at least 4 members (excludes halogenated alkanes) is 1. The molecular weight excluding hydrogens is 246 g/mol. The molecule has 0 aliphatic rings. The summed E-state index contributed by atoms with van der Waals surface area (Å²) in [4.78, 5) is 10.3. The van der Waals surface area contributed by atoms with Gasteiger partial charge in [0.2, 0.25) is 6.20 Å². The number of benzene rings is 1. The first-order valence-electron chi connectivity index (χ1n) is 6.19. The van der Waals surface area contributed by atoms with Gasteiger partial charge in [-0.25, -0.2) is 0 Å². The largest absolute Gasteiger partial charge is 0.493 e. The highest BCUT2D eigenvalue weighted by atomic mass is 16.6. The number of methoxy groups -OCH3 is 2. The molecule has 19 heavy (non-hydrogen) atoms. The topological polar surface area (TPSA) is 61.6 Å². The van der Waals surface area contributed by atoms with Gasteiger partial charge < -0.3 is 9.47 Å². The molecule has 0 aromatic heterocycles. The SMILES string of the molecule is CCCC/C(=C\[N+](=O)[O-])c1ccc(OC)c(OC)c1. The summed E-state index contributed by atoms with van der Waals surface area (Å²) in [5, 5.41) is 10.7. The van der Waals surface area contributed by atoms with Gasteiger partial charge in [-0.3, -0.25) is 10.1 Å². The van der Waals surface area contributed by atoms with Crippen LogP contribution in [0.1, 0.15) is 31.7 Å².